The van der Waals surface area contributed by atoms with E-state index < -0.39 is 0 Å². The number of benzene rings is 1. The molecule has 0 aliphatic rings. The monoisotopic (exact) mass is 352 g/mol. The molecule has 0 unspecified atom stereocenters. The zero-order valence-electron chi connectivity index (χ0n) is 12.9. The van der Waals surface area contributed by atoms with Crippen molar-refractivity contribution in [3.63, 3.8) is 0 Å². The topological polar surface area (TPSA) is 52.0 Å². The van der Waals surface area contributed by atoms with Gasteiger partial charge in [-0.1, -0.05) is 12.1 Å². The van der Waals surface area contributed by atoms with Crippen molar-refractivity contribution in [2.45, 2.75) is 39.5 Å². The first-order valence-corrected chi connectivity index (χ1v) is 7.64. The van der Waals surface area contributed by atoms with Crippen LogP contribution in [0.25, 0.3) is 0 Å². The van der Waals surface area contributed by atoms with E-state index in [2.05, 4.69) is 58.3 Å². The molecule has 0 saturated carbocycles. The summed E-state index contributed by atoms with van der Waals surface area (Å²) >= 11 is 3.55. The van der Waals surface area contributed by atoms with Crippen LogP contribution >= 0.6 is 15.9 Å². The molecular formula is C15H21BrN4O. The second kappa shape index (κ2) is 6.58. The van der Waals surface area contributed by atoms with Crippen LogP contribution in [0.15, 0.2) is 29.0 Å². The maximum atomic E-state index is 5.95. The lowest BCUT2D eigenvalue weighted by atomic mass is 10.1. The number of nitrogens with zero attached hydrogens (tertiary/aromatic N) is 3. The molecule has 0 aliphatic heterocycles. The summed E-state index contributed by atoms with van der Waals surface area (Å²) < 4.78 is 8.74. The molecule has 1 N–H and O–H groups in total. The molecule has 0 amide bonds. The van der Waals surface area contributed by atoms with E-state index >= 15 is 0 Å². The van der Waals surface area contributed by atoms with Gasteiger partial charge in [0.05, 0.1) is 4.47 Å². The molecule has 1 aromatic heterocycles. The van der Waals surface area contributed by atoms with Gasteiger partial charge in [0, 0.05) is 24.7 Å². The molecule has 1 aromatic carbocycles. The van der Waals surface area contributed by atoms with E-state index in [1.807, 2.05) is 23.7 Å². The molecule has 5 nitrogen and oxygen atoms in total. The second-order valence-electron chi connectivity index (χ2n) is 5.98. The van der Waals surface area contributed by atoms with Gasteiger partial charge in [-0.25, -0.2) is 0 Å². The van der Waals surface area contributed by atoms with Crippen molar-refractivity contribution in [2.24, 2.45) is 7.05 Å². The first-order valence-electron chi connectivity index (χ1n) is 6.85. The largest absolute Gasteiger partial charge is 0.484 e. The van der Waals surface area contributed by atoms with E-state index in [1.165, 1.54) is 0 Å². The van der Waals surface area contributed by atoms with Crippen LogP contribution in [0, 0.1) is 0 Å². The van der Waals surface area contributed by atoms with Crippen LogP contribution < -0.4 is 10.1 Å². The Hall–Kier alpha value is -1.40. The van der Waals surface area contributed by atoms with E-state index in [1.54, 1.807) is 6.33 Å². The van der Waals surface area contributed by atoms with Crippen molar-refractivity contribution in [3.05, 3.63) is 40.4 Å². The Kier molecular flexibility index (Phi) is 5.00. The van der Waals surface area contributed by atoms with Gasteiger partial charge in [0.25, 0.3) is 0 Å². The maximum Gasteiger partial charge on any atom is 0.170 e. The number of aryl methyl sites for hydroxylation is 1. The minimum Gasteiger partial charge on any atom is -0.484 e. The van der Waals surface area contributed by atoms with Gasteiger partial charge < -0.3 is 14.6 Å². The molecule has 0 fully saturated rings. The van der Waals surface area contributed by atoms with Gasteiger partial charge in [-0.3, -0.25) is 0 Å². The van der Waals surface area contributed by atoms with Crippen molar-refractivity contribution in [2.75, 3.05) is 0 Å². The van der Waals surface area contributed by atoms with Crippen LogP contribution in [0.3, 0.4) is 0 Å². The second-order valence-corrected chi connectivity index (χ2v) is 6.83. The van der Waals surface area contributed by atoms with Crippen LogP contribution in [0.1, 0.15) is 32.2 Å². The van der Waals surface area contributed by atoms with Gasteiger partial charge >= 0.3 is 0 Å². The fourth-order valence-electron chi connectivity index (χ4n) is 1.79. The Labute approximate surface area is 133 Å². The third-order valence-corrected chi connectivity index (χ3v) is 3.63. The summed E-state index contributed by atoms with van der Waals surface area (Å²) in [5, 5.41) is 11.4. The first-order chi connectivity index (χ1) is 9.87. The molecule has 21 heavy (non-hydrogen) atoms. The number of hydrogen-bond donors (Lipinski definition) is 1. The fraction of sp³-hybridized carbons (Fsp3) is 0.467. The normalized spacial score (nSPS) is 11.7. The third-order valence-electron chi connectivity index (χ3n) is 3.01. The summed E-state index contributed by atoms with van der Waals surface area (Å²) in [6, 6.07) is 6.06. The zero-order valence-corrected chi connectivity index (χ0v) is 14.4. The Bertz CT molecular complexity index is 604. The highest BCUT2D eigenvalue weighted by molar-refractivity contribution is 9.10. The summed E-state index contributed by atoms with van der Waals surface area (Å²) in [6.07, 6.45) is 1.67. The van der Waals surface area contributed by atoms with Crippen molar-refractivity contribution >= 4 is 15.9 Å². The average molecular weight is 353 g/mol. The van der Waals surface area contributed by atoms with E-state index in [4.69, 9.17) is 4.74 Å². The molecule has 0 aliphatic carbocycles. The molecule has 6 heteroatoms. The van der Waals surface area contributed by atoms with Crippen LogP contribution in [0.5, 0.6) is 5.75 Å². The Morgan fingerprint density at radius 2 is 2.10 bits per heavy atom. The van der Waals surface area contributed by atoms with E-state index in [0.717, 1.165) is 28.2 Å². The number of halogens is 1. The first kappa shape index (κ1) is 16.0. The number of hydrogen-bond acceptors (Lipinski definition) is 4. The molecule has 0 bridgehead atoms. The van der Waals surface area contributed by atoms with Crippen LogP contribution in [0.4, 0.5) is 0 Å². The Balaban J connectivity index is 2.12. The number of nitrogens with one attached hydrogen (secondary N) is 1. The van der Waals surface area contributed by atoms with Crippen molar-refractivity contribution in [1.82, 2.24) is 20.1 Å². The number of rotatable bonds is 5. The quantitative estimate of drug-likeness (QED) is 0.898. The molecule has 0 spiro atoms. The Morgan fingerprint density at radius 1 is 1.33 bits per heavy atom. The molecule has 1 heterocycles. The summed E-state index contributed by atoms with van der Waals surface area (Å²) in [5.74, 6) is 1.64. The maximum absolute atomic E-state index is 5.95. The summed E-state index contributed by atoms with van der Waals surface area (Å²) in [5.41, 5.74) is 1.17. The number of para-hydroxylation sites is 1. The Morgan fingerprint density at radius 3 is 2.71 bits per heavy atom. The van der Waals surface area contributed by atoms with Gasteiger partial charge in [0.15, 0.2) is 5.82 Å². The molecule has 0 saturated heterocycles. The molecule has 2 aromatic rings. The van der Waals surface area contributed by atoms with Gasteiger partial charge in [-0.2, -0.15) is 0 Å². The van der Waals surface area contributed by atoms with E-state index in [-0.39, 0.29) is 5.54 Å². The van der Waals surface area contributed by atoms with E-state index in [0.29, 0.717) is 6.61 Å². The van der Waals surface area contributed by atoms with Crippen molar-refractivity contribution in [3.8, 4) is 5.75 Å². The van der Waals surface area contributed by atoms with Gasteiger partial charge in [-0.15, -0.1) is 10.2 Å². The molecule has 2 rings (SSSR count). The highest BCUT2D eigenvalue weighted by atomic mass is 79.9. The fourth-order valence-corrected chi connectivity index (χ4v) is 2.31. The van der Waals surface area contributed by atoms with Crippen LogP contribution in [0.2, 0.25) is 0 Å². The highest BCUT2D eigenvalue weighted by Crippen LogP contribution is 2.30. The lowest BCUT2D eigenvalue weighted by Crippen LogP contribution is -2.35. The highest BCUT2D eigenvalue weighted by Gasteiger charge is 2.13. The smallest absolute Gasteiger partial charge is 0.170 e. The average Bonchev–Trinajstić information content (AvgIpc) is 2.80. The molecule has 0 atom stereocenters. The van der Waals surface area contributed by atoms with Crippen molar-refractivity contribution < 1.29 is 4.74 Å². The molecule has 114 valence electrons. The molecule has 0 radical (unpaired) electrons. The predicted octanol–water partition coefficient (Wildman–Crippen LogP) is 3.04. The van der Waals surface area contributed by atoms with Crippen molar-refractivity contribution in [1.29, 1.82) is 0 Å². The van der Waals surface area contributed by atoms with Gasteiger partial charge in [0.1, 0.15) is 18.7 Å². The van der Waals surface area contributed by atoms with Crippen LogP contribution in [-0.4, -0.2) is 20.3 Å². The standard InChI is InChI=1S/C15H21BrN4O/c1-15(2,3)17-8-11-6-5-7-12(16)14(11)21-9-13-19-18-10-20(13)4/h5-7,10,17H,8-9H2,1-4H3. The van der Waals surface area contributed by atoms with E-state index in [9.17, 15) is 0 Å². The summed E-state index contributed by atoms with van der Waals surface area (Å²) in [4.78, 5) is 0. The summed E-state index contributed by atoms with van der Waals surface area (Å²) in [6.45, 7) is 7.57. The predicted molar refractivity (Wildman–Crippen MR) is 86.1 cm³/mol. The van der Waals surface area contributed by atoms with Gasteiger partial charge in [-0.05, 0) is 42.8 Å². The minimum atomic E-state index is 0.0587. The minimum absolute atomic E-state index is 0.0587. The lowest BCUT2D eigenvalue weighted by molar-refractivity contribution is 0.284. The SMILES string of the molecule is Cn1cnnc1COc1c(Br)cccc1CNC(C)(C)C. The van der Waals surface area contributed by atoms with Gasteiger partial charge in [0.2, 0.25) is 0 Å². The number of aromatic nitrogens is 3. The lowest BCUT2D eigenvalue weighted by Gasteiger charge is -2.22. The molecular weight excluding hydrogens is 332 g/mol. The third kappa shape index (κ3) is 4.54. The zero-order chi connectivity index (χ0) is 15.5. The van der Waals surface area contributed by atoms with Crippen LogP contribution in [-0.2, 0) is 20.2 Å². The number of ether oxygens (including phenoxy) is 1. The summed E-state index contributed by atoms with van der Waals surface area (Å²) in [7, 11) is 1.90.